The van der Waals surface area contributed by atoms with Crippen LogP contribution in [-0.4, -0.2) is 34.6 Å². The van der Waals surface area contributed by atoms with Gasteiger partial charge in [-0.25, -0.2) is 0 Å². The molecule has 0 bridgehead atoms. The summed E-state index contributed by atoms with van der Waals surface area (Å²) in [4.78, 5) is 30.3. The summed E-state index contributed by atoms with van der Waals surface area (Å²) >= 11 is 1.52. The molecule has 1 aliphatic carbocycles. The van der Waals surface area contributed by atoms with Crippen LogP contribution in [0.2, 0.25) is 0 Å². The minimum atomic E-state index is -0.569. The van der Waals surface area contributed by atoms with Crippen molar-refractivity contribution >= 4 is 23.6 Å². The molecule has 0 unspecified atom stereocenters. The van der Waals surface area contributed by atoms with Gasteiger partial charge in [0.15, 0.2) is 0 Å². The first kappa shape index (κ1) is 26.0. The number of nitrogens with zero attached hydrogens (tertiary/aromatic N) is 1. The number of carbonyl (C=O) groups excluding carboxylic acids is 2. The van der Waals surface area contributed by atoms with Crippen molar-refractivity contribution in [1.82, 2.24) is 10.2 Å². The molecule has 4 nitrogen and oxygen atoms in total. The van der Waals surface area contributed by atoms with Crippen LogP contribution in [-0.2, 0) is 22.6 Å². The molecule has 0 saturated heterocycles. The summed E-state index contributed by atoms with van der Waals surface area (Å²) in [7, 11) is 0. The first-order chi connectivity index (χ1) is 17.5. The summed E-state index contributed by atoms with van der Waals surface area (Å²) in [5.41, 5.74) is 4.45. The molecule has 5 heteroatoms. The first-order valence-corrected chi connectivity index (χ1v) is 13.9. The zero-order chi connectivity index (χ0) is 25.3. The molecular weight excluding hydrogens is 464 g/mol. The number of aryl methyl sites for hydroxylation is 2. The molecule has 0 spiro atoms. The van der Waals surface area contributed by atoms with Crippen molar-refractivity contribution in [2.24, 2.45) is 0 Å². The smallest absolute Gasteiger partial charge is 0.243 e. The zero-order valence-electron chi connectivity index (χ0n) is 21.3. The van der Waals surface area contributed by atoms with Crippen LogP contribution in [0.15, 0.2) is 83.8 Å². The highest BCUT2D eigenvalue weighted by Crippen LogP contribution is 2.23. The molecule has 1 N–H and O–H groups in total. The second-order valence-electron chi connectivity index (χ2n) is 9.80. The van der Waals surface area contributed by atoms with Gasteiger partial charge in [0.05, 0.1) is 5.75 Å². The van der Waals surface area contributed by atoms with E-state index in [2.05, 4.69) is 55.6 Å². The van der Waals surface area contributed by atoms with Gasteiger partial charge in [-0.05, 0) is 49.9 Å². The molecule has 0 aliphatic heterocycles. The molecule has 36 heavy (non-hydrogen) atoms. The maximum Gasteiger partial charge on any atom is 0.243 e. The van der Waals surface area contributed by atoms with E-state index in [1.54, 1.807) is 4.90 Å². The number of benzene rings is 3. The molecule has 188 valence electrons. The molecule has 1 saturated carbocycles. The molecule has 0 aromatic heterocycles. The van der Waals surface area contributed by atoms with E-state index in [0.717, 1.165) is 41.7 Å². The fraction of sp³-hybridized carbons (Fsp3) is 0.355. The van der Waals surface area contributed by atoms with Crippen molar-refractivity contribution in [3.63, 3.8) is 0 Å². The highest BCUT2D eigenvalue weighted by Gasteiger charge is 2.32. The van der Waals surface area contributed by atoms with Crippen LogP contribution in [0, 0.1) is 13.8 Å². The Bertz CT molecular complexity index is 1120. The number of rotatable bonds is 10. The lowest BCUT2D eigenvalue weighted by molar-refractivity contribution is -0.139. The lowest BCUT2D eigenvalue weighted by Crippen LogP contribution is -2.52. The van der Waals surface area contributed by atoms with Crippen molar-refractivity contribution in [3.8, 4) is 0 Å². The molecule has 1 atom stereocenters. The van der Waals surface area contributed by atoms with Crippen molar-refractivity contribution in [2.45, 2.75) is 69.5 Å². The van der Waals surface area contributed by atoms with Crippen molar-refractivity contribution < 1.29 is 9.59 Å². The van der Waals surface area contributed by atoms with Gasteiger partial charge in [-0.1, -0.05) is 90.7 Å². The Kier molecular flexibility index (Phi) is 9.23. The molecular formula is C31H36N2O2S. The summed E-state index contributed by atoms with van der Waals surface area (Å²) in [6.45, 7) is 4.52. The van der Waals surface area contributed by atoms with Crippen LogP contribution >= 0.6 is 11.8 Å². The van der Waals surface area contributed by atoms with Crippen molar-refractivity contribution in [2.75, 3.05) is 5.75 Å². The van der Waals surface area contributed by atoms with Gasteiger partial charge in [0, 0.05) is 23.9 Å². The van der Waals surface area contributed by atoms with E-state index in [0.29, 0.717) is 13.0 Å². The second kappa shape index (κ2) is 12.8. The summed E-state index contributed by atoms with van der Waals surface area (Å²) in [5, 5.41) is 3.27. The Morgan fingerprint density at radius 2 is 1.47 bits per heavy atom. The van der Waals surface area contributed by atoms with Crippen LogP contribution in [0.5, 0.6) is 0 Å². The van der Waals surface area contributed by atoms with Crippen LogP contribution in [0.25, 0.3) is 0 Å². The minimum Gasteiger partial charge on any atom is -0.352 e. The van der Waals surface area contributed by atoms with Crippen LogP contribution in [0.1, 0.15) is 47.9 Å². The highest BCUT2D eigenvalue weighted by molar-refractivity contribution is 8.00. The quantitative estimate of drug-likeness (QED) is 0.343. The Balaban J connectivity index is 1.59. The fourth-order valence-electron chi connectivity index (χ4n) is 4.67. The molecule has 3 aromatic carbocycles. The van der Waals surface area contributed by atoms with Crippen LogP contribution in [0.3, 0.4) is 0 Å². The van der Waals surface area contributed by atoms with E-state index in [1.807, 2.05) is 42.5 Å². The third-order valence-electron chi connectivity index (χ3n) is 6.83. The van der Waals surface area contributed by atoms with Gasteiger partial charge < -0.3 is 10.2 Å². The third-order valence-corrected chi connectivity index (χ3v) is 7.83. The molecule has 0 heterocycles. The van der Waals surface area contributed by atoms with Crippen LogP contribution < -0.4 is 5.32 Å². The third kappa shape index (κ3) is 7.47. The van der Waals surface area contributed by atoms with Crippen molar-refractivity contribution in [1.29, 1.82) is 0 Å². The average molecular weight is 501 g/mol. The molecule has 4 rings (SSSR count). The van der Waals surface area contributed by atoms with Gasteiger partial charge in [-0.15, -0.1) is 11.8 Å². The number of hydrogen-bond acceptors (Lipinski definition) is 3. The predicted octanol–water partition coefficient (Wildman–Crippen LogP) is 6.09. The fourth-order valence-corrected chi connectivity index (χ4v) is 5.46. The van der Waals surface area contributed by atoms with E-state index in [9.17, 15) is 9.59 Å². The highest BCUT2D eigenvalue weighted by atomic mass is 32.2. The van der Waals surface area contributed by atoms with Gasteiger partial charge in [-0.2, -0.15) is 0 Å². The summed E-state index contributed by atoms with van der Waals surface area (Å²) in [6, 6.07) is 26.1. The number of hydrogen-bond donors (Lipinski definition) is 1. The molecule has 0 radical (unpaired) electrons. The lowest BCUT2D eigenvalue weighted by Gasteiger charge is -2.32. The topological polar surface area (TPSA) is 49.4 Å². The number of thioether (sulfide) groups is 1. The van der Waals surface area contributed by atoms with Gasteiger partial charge in [0.2, 0.25) is 11.8 Å². The predicted molar refractivity (Wildman–Crippen MR) is 148 cm³/mol. The molecule has 1 fully saturated rings. The largest absolute Gasteiger partial charge is 0.352 e. The van der Waals surface area contributed by atoms with E-state index in [4.69, 9.17) is 0 Å². The SMILES string of the molecule is Cc1ccc(CN(C(=O)CSc2ccc(C)cc2)[C@@H](Cc2ccccc2)C(=O)NC2CCCC2)cc1. The summed E-state index contributed by atoms with van der Waals surface area (Å²) < 4.78 is 0. The zero-order valence-corrected chi connectivity index (χ0v) is 22.1. The van der Waals surface area contributed by atoms with Gasteiger partial charge in [-0.3, -0.25) is 9.59 Å². The second-order valence-corrected chi connectivity index (χ2v) is 10.9. The monoisotopic (exact) mass is 500 g/mol. The molecule has 2 amide bonds. The minimum absolute atomic E-state index is 0.0244. The lowest BCUT2D eigenvalue weighted by atomic mass is 10.0. The van der Waals surface area contributed by atoms with Gasteiger partial charge in [0.1, 0.15) is 6.04 Å². The van der Waals surface area contributed by atoms with E-state index < -0.39 is 6.04 Å². The van der Waals surface area contributed by atoms with Crippen LogP contribution in [0.4, 0.5) is 0 Å². The average Bonchev–Trinajstić information content (AvgIpc) is 3.40. The Labute approximate surface area is 219 Å². The Morgan fingerprint density at radius 1 is 0.861 bits per heavy atom. The molecule has 1 aliphatic rings. The number of amides is 2. The van der Waals surface area contributed by atoms with E-state index >= 15 is 0 Å². The van der Waals surface area contributed by atoms with E-state index in [-0.39, 0.29) is 23.6 Å². The Morgan fingerprint density at radius 3 is 2.11 bits per heavy atom. The standard InChI is InChI=1S/C31H36N2O2S/c1-23-12-16-26(17-13-23)21-33(30(34)22-36-28-18-14-24(2)15-19-28)29(20-25-8-4-3-5-9-25)31(35)32-27-10-6-7-11-27/h3-5,8-9,12-19,27,29H,6-7,10-11,20-22H2,1-2H3,(H,32,35)/t29-/m0/s1. The van der Waals surface area contributed by atoms with Gasteiger partial charge >= 0.3 is 0 Å². The van der Waals surface area contributed by atoms with Gasteiger partial charge in [0.25, 0.3) is 0 Å². The normalized spacial score (nSPS) is 14.4. The maximum absolute atomic E-state index is 13.8. The Hall–Kier alpha value is -3.05. The molecule has 3 aromatic rings. The number of nitrogens with one attached hydrogen (secondary N) is 1. The van der Waals surface area contributed by atoms with Crippen molar-refractivity contribution in [3.05, 3.63) is 101 Å². The summed E-state index contributed by atoms with van der Waals surface area (Å²) in [5.74, 6) is 0.215. The summed E-state index contributed by atoms with van der Waals surface area (Å²) in [6.07, 6.45) is 4.81. The maximum atomic E-state index is 13.8. The van der Waals surface area contributed by atoms with E-state index in [1.165, 1.54) is 22.9 Å². The number of carbonyl (C=O) groups is 2. The first-order valence-electron chi connectivity index (χ1n) is 12.9.